The van der Waals surface area contributed by atoms with Crippen LogP contribution >= 0.6 is 24.0 Å². The van der Waals surface area contributed by atoms with Crippen LogP contribution in [-0.2, 0) is 4.79 Å². The lowest BCUT2D eigenvalue weighted by Crippen LogP contribution is -2.53. The summed E-state index contributed by atoms with van der Waals surface area (Å²) in [4.78, 5) is 23.8. The van der Waals surface area contributed by atoms with Gasteiger partial charge in [0.25, 0.3) is 0 Å². The zero-order valence-corrected chi connectivity index (χ0v) is 21.9. The van der Waals surface area contributed by atoms with E-state index in [0.717, 1.165) is 77.6 Å². The predicted octanol–water partition coefficient (Wildman–Crippen LogP) is 2.30. The van der Waals surface area contributed by atoms with E-state index in [1.807, 2.05) is 7.05 Å². The van der Waals surface area contributed by atoms with E-state index in [0.29, 0.717) is 17.9 Å². The fourth-order valence-electron chi connectivity index (χ4n) is 4.69. The van der Waals surface area contributed by atoms with Gasteiger partial charge in [0.15, 0.2) is 5.96 Å². The number of nitrogens with zero attached hydrogens (tertiary/aromatic N) is 4. The Hall–Kier alpha value is -1.55. The number of hydrogen-bond acceptors (Lipinski definition) is 4. The number of benzene rings is 1. The van der Waals surface area contributed by atoms with E-state index >= 15 is 0 Å². The number of rotatable bonds is 6. The number of aliphatic imine (C=N–C) groups is 1. The highest BCUT2D eigenvalue weighted by Crippen LogP contribution is 2.28. The average Bonchev–Trinajstić information content (AvgIpc) is 3.21. The topological polar surface area (TPSA) is 63.2 Å². The summed E-state index contributed by atoms with van der Waals surface area (Å²) >= 11 is 0. The van der Waals surface area contributed by atoms with Crippen LogP contribution in [0.3, 0.4) is 0 Å². The molecule has 32 heavy (non-hydrogen) atoms. The van der Waals surface area contributed by atoms with E-state index < -0.39 is 0 Å². The van der Waals surface area contributed by atoms with Gasteiger partial charge in [-0.05, 0) is 38.3 Å². The second-order valence-corrected chi connectivity index (χ2v) is 9.21. The Bertz CT molecular complexity index is 758. The SMILES string of the molecule is CN=C(NCCN1CCN(C(=O)C2CCC2)CC1)NC1CCN(c2ccc(C)cc2)C1.I. The molecule has 3 fully saturated rings. The van der Waals surface area contributed by atoms with Gasteiger partial charge in [-0.15, -0.1) is 24.0 Å². The number of guanidine groups is 1. The third-order valence-electron chi connectivity index (χ3n) is 7.01. The monoisotopic (exact) mass is 554 g/mol. The number of anilines is 1. The zero-order valence-electron chi connectivity index (χ0n) is 19.6. The number of nitrogens with one attached hydrogen (secondary N) is 2. The molecule has 3 aliphatic rings. The number of amides is 1. The standard InChI is InChI=1S/C24H38N6O.HI/c1-19-6-8-22(9-7-19)30-12-10-21(18-30)27-24(25-2)26-11-13-28-14-16-29(17-15-28)23(31)20-4-3-5-20;/h6-9,20-21H,3-5,10-18H2,1-2H3,(H2,25,26,27);1H. The maximum Gasteiger partial charge on any atom is 0.225 e. The molecule has 1 unspecified atom stereocenters. The van der Waals surface area contributed by atoms with Crippen LogP contribution in [0.1, 0.15) is 31.2 Å². The Labute approximate surface area is 210 Å². The molecule has 0 radical (unpaired) electrons. The molecule has 1 amide bonds. The van der Waals surface area contributed by atoms with Crippen LogP contribution in [0.2, 0.25) is 0 Å². The zero-order chi connectivity index (χ0) is 21.6. The summed E-state index contributed by atoms with van der Waals surface area (Å²) in [6.45, 7) is 9.74. The van der Waals surface area contributed by atoms with Gasteiger partial charge in [0, 0.05) is 77.1 Å². The van der Waals surface area contributed by atoms with E-state index in [4.69, 9.17) is 0 Å². The van der Waals surface area contributed by atoms with Crippen molar-refractivity contribution in [3.05, 3.63) is 29.8 Å². The molecule has 1 aromatic rings. The summed E-state index contributed by atoms with van der Waals surface area (Å²) in [7, 11) is 1.84. The molecule has 2 heterocycles. The fraction of sp³-hybridized carbons (Fsp3) is 0.667. The van der Waals surface area contributed by atoms with Gasteiger partial charge in [-0.1, -0.05) is 24.1 Å². The summed E-state index contributed by atoms with van der Waals surface area (Å²) in [5.74, 6) is 1.60. The van der Waals surface area contributed by atoms with Crippen LogP contribution in [0.15, 0.2) is 29.3 Å². The molecular formula is C24H39IN6O. The molecule has 1 aliphatic carbocycles. The van der Waals surface area contributed by atoms with Gasteiger partial charge in [-0.25, -0.2) is 0 Å². The first-order chi connectivity index (χ1) is 15.1. The van der Waals surface area contributed by atoms with Crippen molar-refractivity contribution in [3.8, 4) is 0 Å². The van der Waals surface area contributed by atoms with Crippen molar-refractivity contribution < 1.29 is 4.79 Å². The fourth-order valence-corrected chi connectivity index (χ4v) is 4.69. The highest BCUT2D eigenvalue weighted by atomic mass is 127. The van der Waals surface area contributed by atoms with Crippen molar-refractivity contribution in [1.82, 2.24) is 20.4 Å². The molecule has 4 rings (SSSR count). The maximum atomic E-state index is 12.4. The van der Waals surface area contributed by atoms with Crippen molar-refractivity contribution in [3.63, 3.8) is 0 Å². The van der Waals surface area contributed by atoms with Gasteiger partial charge < -0.3 is 20.4 Å². The first-order valence-corrected chi connectivity index (χ1v) is 11.9. The Morgan fingerprint density at radius 1 is 1.06 bits per heavy atom. The molecular weight excluding hydrogens is 515 g/mol. The van der Waals surface area contributed by atoms with Gasteiger partial charge in [0.1, 0.15) is 0 Å². The smallest absolute Gasteiger partial charge is 0.225 e. The van der Waals surface area contributed by atoms with Crippen molar-refractivity contribution in [1.29, 1.82) is 0 Å². The Kier molecular flexibility index (Phi) is 9.46. The predicted molar refractivity (Wildman–Crippen MR) is 142 cm³/mol. The molecule has 8 heteroatoms. The van der Waals surface area contributed by atoms with Crippen molar-refractivity contribution >= 4 is 41.5 Å². The second-order valence-electron chi connectivity index (χ2n) is 9.21. The molecule has 2 aliphatic heterocycles. The lowest BCUT2D eigenvalue weighted by Gasteiger charge is -2.38. The van der Waals surface area contributed by atoms with Crippen LogP contribution in [0, 0.1) is 12.8 Å². The number of hydrogen-bond donors (Lipinski definition) is 2. The van der Waals surface area contributed by atoms with Gasteiger partial charge in [0.05, 0.1) is 0 Å². The van der Waals surface area contributed by atoms with Crippen LogP contribution in [0.25, 0.3) is 0 Å². The Morgan fingerprint density at radius 3 is 2.41 bits per heavy atom. The third-order valence-corrected chi connectivity index (χ3v) is 7.01. The molecule has 1 aromatic carbocycles. The van der Waals surface area contributed by atoms with Crippen molar-refractivity contribution in [2.45, 2.75) is 38.6 Å². The van der Waals surface area contributed by atoms with Crippen LogP contribution in [0.5, 0.6) is 0 Å². The number of carbonyl (C=O) groups excluding carboxylic acids is 1. The minimum Gasteiger partial charge on any atom is -0.369 e. The van der Waals surface area contributed by atoms with E-state index in [1.54, 1.807) is 0 Å². The number of halogens is 1. The summed E-state index contributed by atoms with van der Waals surface area (Å²) in [6, 6.07) is 9.20. The van der Waals surface area contributed by atoms with E-state index in [-0.39, 0.29) is 24.0 Å². The quantitative estimate of drug-likeness (QED) is 0.321. The third kappa shape index (κ3) is 6.50. The lowest BCUT2D eigenvalue weighted by atomic mass is 9.84. The van der Waals surface area contributed by atoms with Gasteiger partial charge >= 0.3 is 0 Å². The van der Waals surface area contributed by atoms with E-state index in [2.05, 4.69) is 61.5 Å². The molecule has 0 spiro atoms. The number of carbonyl (C=O) groups is 1. The summed E-state index contributed by atoms with van der Waals surface area (Å²) < 4.78 is 0. The van der Waals surface area contributed by atoms with Gasteiger partial charge in [-0.3, -0.25) is 14.7 Å². The summed E-state index contributed by atoms with van der Waals surface area (Å²) in [5.41, 5.74) is 2.60. The normalized spacial score (nSPS) is 22.3. The molecule has 0 aromatic heterocycles. The summed E-state index contributed by atoms with van der Waals surface area (Å²) in [6.07, 6.45) is 4.53. The van der Waals surface area contributed by atoms with Gasteiger partial charge in [-0.2, -0.15) is 0 Å². The number of aryl methyl sites for hydroxylation is 1. The minimum absolute atomic E-state index is 0. The molecule has 2 N–H and O–H groups in total. The minimum atomic E-state index is 0. The average molecular weight is 555 g/mol. The van der Waals surface area contributed by atoms with Crippen LogP contribution < -0.4 is 15.5 Å². The molecule has 2 saturated heterocycles. The molecule has 1 saturated carbocycles. The lowest BCUT2D eigenvalue weighted by molar-refractivity contribution is -0.139. The molecule has 1 atom stereocenters. The van der Waals surface area contributed by atoms with Crippen LogP contribution in [0.4, 0.5) is 5.69 Å². The van der Waals surface area contributed by atoms with E-state index in [1.165, 1.54) is 17.7 Å². The van der Waals surface area contributed by atoms with Crippen molar-refractivity contribution in [2.75, 3.05) is 64.3 Å². The highest BCUT2D eigenvalue weighted by Gasteiger charge is 2.31. The highest BCUT2D eigenvalue weighted by molar-refractivity contribution is 14.0. The first kappa shape index (κ1) is 25.1. The van der Waals surface area contributed by atoms with Crippen molar-refractivity contribution in [2.24, 2.45) is 10.9 Å². The largest absolute Gasteiger partial charge is 0.369 e. The van der Waals surface area contributed by atoms with E-state index in [9.17, 15) is 4.79 Å². The summed E-state index contributed by atoms with van der Waals surface area (Å²) in [5, 5.41) is 7.06. The molecule has 178 valence electrons. The Balaban J connectivity index is 0.00000289. The molecule has 0 bridgehead atoms. The first-order valence-electron chi connectivity index (χ1n) is 11.9. The van der Waals surface area contributed by atoms with Crippen LogP contribution in [-0.4, -0.2) is 87.1 Å². The van der Waals surface area contributed by atoms with Gasteiger partial charge in [0.2, 0.25) is 5.91 Å². The molecule has 7 nitrogen and oxygen atoms in total. The maximum absolute atomic E-state index is 12.4. The second kappa shape index (κ2) is 12.1. The Morgan fingerprint density at radius 2 is 1.78 bits per heavy atom. The number of piperazine rings is 1.